The Balaban J connectivity index is 1.56. The van der Waals surface area contributed by atoms with E-state index in [1.54, 1.807) is 25.1 Å². The van der Waals surface area contributed by atoms with Gasteiger partial charge in [-0.15, -0.1) is 0 Å². The number of oxazole rings is 1. The highest BCUT2D eigenvalue weighted by atomic mass is 16.4. The molecule has 0 aliphatic heterocycles. The summed E-state index contributed by atoms with van der Waals surface area (Å²) < 4.78 is 6.61. The van der Waals surface area contributed by atoms with Gasteiger partial charge in [0.05, 0.1) is 5.52 Å². The Morgan fingerprint density at radius 2 is 1.85 bits per heavy atom. The topological polar surface area (TPSA) is 67.5 Å². The molecule has 27 heavy (non-hydrogen) atoms. The summed E-state index contributed by atoms with van der Waals surface area (Å²) in [6.07, 6.45) is 0.822. The van der Waals surface area contributed by atoms with E-state index in [0.717, 1.165) is 19.5 Å². The van der Waals surface area contributed by atoms with Crippen LogP contribution in [0.25, 0.3) is 11.1 Å². The first-order valence-corrected chi connectivity index (χ1v) is 9.29. The average molecular weight is 367 g/mol. The van der Waals surface area contributed by atoms with Crippen molar-refractivity contribution in [1.29, 1.82) is 0 Å². The largest absolute Gasteiger partial charge is 0.420 e. The van der Waals surface area contributed by atoms with Gasteiger partial charge in [0, 0.05) is 25.3 Å². The maximum Gasteiger partial charge on any atom is 0.420 e. The van der Waals surface area contributed by atoms with Crippen LogP contribution >= 0.6 is 0 Å². The predicted octanol–water partition coefficient (Wildman–Crippen LogP) is 3.19. The molecule has 0 aliphatic rings. The summed E-state index contributed by atoms with van der Waals surface area (Å²) in [5.74, 6) is -0.702. The predicted molar refractivity (Wildman–Crippen MR) is 107 cm³/mol. The summed E-state index contributed by atoms with van der Waals surface area (Å²) >= 11 is 0. The van der Waals surface area contributed by atoms with Crippen LogP contribution in [-0.4, -0.2) is 30.1 Å². The van der Waals surface area contributed by atoms with Crippen LogP contribution in [0.4, 0.5) is 5.69 Å². The van der Waals surface area contributed by atoms with Crippen molar-refractivity contribution in [2.75, 3.05) is 24.5 Å². The molecule has 1 amide bonds. The number of benzene rings is 2. The summed E-state index contributed by atoms with van der Waals surface area (Å²) in [4.78, 5) is 26.9. The van der Waals surface area contributed by atoms with Gasteiger partial charge in [-0.25, -0.2) is 4.79 Å². The van der Waals surface area contributed by atoms with E-state index in [1.807, 2.05) is 24.3 Å². The smallest absolute Gasteiger partial charge is 0.408 e. The third kappa shape index (κ3) is 4.22. The molecule has 3 rings (SSSR count). The molecule has 2 aromatic carbocycles. The Hall–Kier alpha value is -3.02. The average Bonchev–Trinajstić information content (AvgIpc) is 3.03. The van der Waals surface area contributed by atoms with Crippen LogP contribution in [0.5, 0.6) is 0 Å². The fraction of sp³-hybridized carbons (Fsp3) is 0.333. The normalized spacial score (nSPS) is 12.1. The molecule has 0 radical (unpaired) electrons. The minimum absolute atomic E-state index is 0.189. The number of carbonyl (C=O) groups is 1. The van der Waals surface area contributed by atoms with Crippen molar-refractivity contribution in [2.45, 2.75) is 26.3 Å². The van der Waals surface area contributed by atoms with Crippen molar-refractivity contribution in [3.8, 4) is 0 Å². The van der Waals surface area contributed by atoms with E-state index in [-0.39, 0.29) is 5.91 Å². The van der Waals surface area contributed by atoms with E-state index in [4.69, 9.17) is 4.42 Å². The van der Waals surface area contributed by atoms with E-state index in [1.165, 1.54) is 10.3 Å². The molecule has 0 saturated carbocycles. The number of amides is 1. The first-order valence-electron chi connectivity index (χ1n) is 9.29. The van der Waals surface area contributed by atoms with Gasteiger partial charge in [-0.2, -0.15) is 0 Å². The van der Waals surface area contributed by atoms with Crippen LogP contribution in [0.15, 0.2) is 63.8 Å². The standard InChI is InChI=1S/C21H25N3O3/c1-3-23(17-10-5-4-6-11-17)15-9-14-22-20(25)16(2)24-18-12-7-8-13-19(18)27-21(24)26/h4-8,10-13,16H,3,9,14-15H2,1-2H3,(H,22,25). The molecule has 3 aromatic rings. The molecule has 1 atom stereocenters. The number of anilines is 1. The van der Waals surface area contributed by atoms with Crippen molar-refractivity contribution < 1.29 is 9.21 Å². The van der Waals surface area contributed by atoms with Gasteiger partial charge in [-0.3, -0.25) is 9.36 Å². The van der Waals surface area contributed by atoms with Crippen LogP contribution in [0.1, 0.15) is 26.3 Å². The molecule has 0 bridgehead atoms. The number of hydrogen-bond acceptors (Lipinski definition) is 4. The lowest BCUT2D eigenvalue weighted by Crippen LogP contribution is -2.36. The second-order valence-electron chi connectivity index (χ2n) is 6.44. The zero-order valence-electron chi connectivity index (χ0n) is 15.7. The lowest BCUT2D eigenvalue weighted by atomic mass is 10.2. The lowest BCUT2D eigenvalue weighted by Gasteiger charge is -2.23. The van der Waals surface area contributed by atoms with E-state index in [2.05, 4.69) is 29.3 Å². The number of para-hydroxylation sites is 3. The summed E-state index contributed by atoms with van der Waals surface area (Å²) in [7, 11) is 0. The van der Waals surface area contributed by atoms with Crippen molar-refractivity contribution in [3.05, 3.63) is 65.1 Å². The number of rotatable bonds is 8. The van der Waals surface area contributed by atoms with E-state index >= 15 is 0 Å². The lowest BCUT2D eigenvalue weighted by molar-refractivity contribution is -0.123. The molecule has 142 valence electrons. The van der Waals surface area contributed by atoms with Crippen LogP contribution < -0.4 is 16.0 Å². The first-order chi connectivity index (χ1) is 13.1. The zero-order valence-corrected chi connectivity index (χ0v) is 15.7. The molecule has 0 aliphatic carbocycles. The molecule has 6 heteroatoms. The van der Waals surface area contributed by atoms with Crippen molar-refractivity contribution in [2.24, 2.45) is 0 Å². The summed E-state index contributed by atoms with van der Waals surface area (Å²) in [5, 5.41) is 2.93. The molecule has 1 aromatic heterocycles. The maximum absolute atomic E-state index is 12.5. The van der Waals surface area contributed by atoms with Gasteiger partial charge in [-0.05, 0) is 44.5 Å². The van der Waals surface area contributed by atoms with Gasteiger partial charge in [0.25, 0.3) is 0 Å². The third-order valence-corrected chi connectivity index (χ3v) is 4.69. The summed E-state index contributed by atoms with van der Waals surface area (Å²) in [6, 6.07) is 16.7. The van der Waals surface area contributed by atoms with Crippen LogP contribution in [-0.2, 0) is 4.79 Å². The van der Waals surface area contributed by atoms with Crippen molar-refractivity contribution >= 4 is 22.7 Å². The van der Waals surface area contributed by atoms with Crippen LogP contribution in [0, 0.1) is 0 Å². The van der Waals surface area contributed by atoms with E-state index in [0.29, 0.717) is 17.6 Å². The number of aromatic nitrogens is 1. The van der Waals surface area contributed by atoms with Gasteiger partial charge < -0.3 is 14.6 Å². The number of hydrogen-bond donors (Lipinski definition) is 1. The minimum Gasteiger partial charge on any atom is -0.408 e. The Morgan fingerprint density at radius 1 is 1.15 bits per heavy atom. The second kappa shape index (κ2) is 8.58. The van der Waals surface area contributed by atoms with Gasteiger partial charge in [0.15, 0.2) is 5.58 Å². The molecule has 0 spiro atoms. The van der Waals surface area contributed by atoms with Crippen LogP contribution in [0.2, 0.25) is 0 Å². The molecule has 0 saturated heterocycles. The van der Waals surface area contributed by atoms with Gasteiger partial charge in [0.2, 0.25) is 5.91 Å². The molecule has 0 fully saturated rings. The highest BCUT2D eigenvalue weighted by Gasteiger charge is 2.20. The van der Waals surface area contributed by atoms with Crippen molar-refractivity contribution in [1.82, 2.24) is 9.88 Å². The van der Waals surface area contributed by atoms with Crippen LogP contribution in [0.3, 0.4) is 0 Å². The Labute approximate surface area is 158 Å². The highest BCUT2D eigenvalue weighted by molar-refractivity contribution is 5.82. The zero-order chi connectivity index (χ0) is 19.2. The fourth-order valence-electron chi connectivity index (χ4n) is 3.21. The first kappa shape index (κ1) is 18.8. The van der Waals surface area contributed by atoms with Gasteiger partial charge >= 0.3 is 5.76 Å². The van der Waals surface area contributed by atoms with Gasteiger partial charge in [-0.1, -0.05) is 30.3 Å². The van der Waals surface area contributed by atoms with Gasteiger partial charge in [0.1, 0.15) is 6.04 Å². The number of fused-ring (bicyclic) bond motifs is 1. The summed E-state index contributed by atoms with van der Waals surface area (Å²) in [5.41, 5.74) is 2.30. The molecule has 6 nitrogen and oxygen atoms in total. The number of nitrogens with one attached hydrogen (secondary N) is 1. The Morgan fingerprint density at radius 3 is 2.59 bits per heavy atom. The second-order valence-corrected chi connectivity index (χ2v) is 6.44. The van der Waals surface area contributed by atoms with E-state index in [9.17, 15) is 9.59 Å². The van der Waals surface area contributed by atoms with Crippen molar-refractivity contribution in [3.63, 3.8) is 0 Å². The number of nitrogens with zero attached hydrogens (tertiary/aromatic N) is 2. The molecular formula is C21H25N3O3. The Bertz CT molecular complexity index is 946. The summed E-state index contributed by atoms with van der Waals surface area (Å²) in [6.45, 7) is 6.14. The molecule has 1 N–H and O–H groups in total. The number of carbonyl (C=O) groups excluding carboxylic acids is 1. The monoisotopic (exact) mass is 367 g/mol. The highest BCUT2D eigenvalue weighted by Crippen LogP contribution is 2.16. The quantitative estimate of drug-likeness (QED) is 0.621. The molecule has 1 unspecified atom stereocenters. The Kier molecular flexibility index (Phi) is 5.96. The minimum atomic E-state index is -0.627. The SMILES string of the molecule is CCN(CCCNC(=O)C(C)n1c(=O)oc2ccccc21)c1ccccc1. The third-order valence-electron chi connectivity index (χ3n) is 4.69. The molecular weight excluding hydrogens is 342 g/mol. The maximum atomic E-state index is 12.5. The molecule has 1 heterocycles. The van der Waals surface area contributed by atoms with E-state index < -0.39 is 11.8 Å². The fourth-order valence-corrected chi connectivity index (χ4v) is 3.21.